The first kappa shape index (κ1) is 66.7. The maximum Gasteiger partial charge on any atom is 0.335 e. The summed E-state index contributed by atoms with van der Waals surface area (Å²) in [5.74, 6) is -14.5. The van der Waals surface area contributed by atoms with Crippen molar-refractivity contribution in [1.29, 1.82) is 0 Å². The Bertz CT molecular complexity index is 2270. The van der Waals surface area contributed by atoms with E-state index in [2.05, 4.69) is 34.8 Å². The fourth-order valence-electron chi connectivity index (χ4n) is 10.4. The molecule has 456 valence electrons. The van der Waals surface area contributed by atoms with Crippen molar-refractivity contribution in [3.8, 4) is 0 Å². The molecule has 0 aromatic carbocycles. The summed E-state index contributed by atoms with van der Waals surface area (Å²) in [6, 6.07) is -14.9. The molecule has 13 unspecified atom stereocenters. The molecule has 30 heteroatoms. The number of nitrogens with two attached hydrogens (primary N) is 2. The van der Waals surface area contributed by atoms with Crippen molar-refractivity contribution in [2.24, 2.45) is 22.4 Å². The second-order valence-corrected chi connectivity index (χ2v) is 21.5. The summed E-state index contributed by atoms with van der Waals surface area (Å²) in [6.07, 6.45) is -4.32. The van der Waals surface area contributed by atoms with Crippen LogP contribution < -0.4 is 38.1 Å². The lowest BCUT2D eigenvalue weighted by Gasteiger charge is -2.34. The molecule has 0 saturated carbocycles. The highest BCUT2D eigenvalue weighted by molar-refractivity contribution is 6.00. The van der Waals surface area contributed by atoms with Crippen LogP contribution in [0.25, 0.3) is 0 Å². The minimum atomic E-state index is -2.76. The highest BCUT2D eigenvalue weighted by atomic mass is 16.5. The summed E-state index contributed by atoms with van der Waals surface area (Å²) >= 11 is 0. The fraction of sp³-hybridized carbons (Fsp3) is 0.765. The number of aliphatic hydroxyl groups is 5. The van der Waals surface area contributed by atoms with Crippen molar-refractivity contribution in [3.63, 3.8) is 0 Å². The molecular formula is C51H83N11O19. The summed E-state index contributed by atoms with van der Waals surface area (Å²) in [5, 5.41) is 84.8. The molecule has 4 aliphatic heterocycles. The standard InChI is InChI=1S/C51H83N11O19/c1-26(2)14-9-7-5-4-6-8-10-15-28-24-34(66)57-35(27(3)64)47(75)61-22-13-18-32(61)46(74)60-21-12-17-31(60)42(70)55-29(16-11-20-54-51(52)53)41(69)58-36(39(67)48(76)77)43(71)56-30(25-63)45(73)62-23-19-33(65)38(62)44(72)59-37(50(80)81-28)40(68)49(78)79/h26-33,35-40,63-65,67-68H,4-25H2,1-3H3,(H,55,70)(H,56,71)(H,57,66)(H,58,69)(H,59,72)(H,76,77)(H,78,79)(H4,52,53,54). The molecule has 0 aromatic heterocycles. The Balaban J connectivity index is 1.77. The molecule has 0 radical (unpaired) electrons. The number of aliphatic hydroxyl groups excluding tert-OH is 5. The number of fused-ring (bicyclic) bond motifs is 3. The third-order valence-corrected chi connectivity index (χ3v) is 14.8. The number of amides is 8. The lowest BCUT2D eigenvalue weighted by atomic mass is 10.0. The third-order valence-electron chi connectivity index (χ3n) is 14.8. The first-order valence-electron chi connectivity index (χ1n) is 27.8. The molecule has 4 saturated heterocycles. The Morgan fingerprint density at radius 1 is 0.617 bits per heavy atom. The van der Waals surface area contributed by atoms with Crippen LogP contribution in [0.2, 0.25) is 0 Å². The monoisotopic (exact) mass is 1150 g/mol. The SMILES string of the molecule is CC(C)CCCCCCCCCC1CC(=O)NC(C(C)O)C(=O)N2CCCC2C(=O)N2CCCC2C(=O)NC(CCCN=C(N)N)C(=O)NC(C(O)C(=O)O)C(=O)NC(CO)C(=O)N2CCC(O)C2C(=O)NC(C(O)C(=O)O)C(=O)O1. The van der Waals surface area contributed by atoms with E-state index in [1.807, 2.05) is 10.6 Å². The number of rotatable bonds is 20. The Morgan fingerprint density at radius 3 is 1.78 bits per heavy atom. The molecule has 4 aliphatic rings. The van der Waals surface area contributed by atoms with E-state index in [0.29, 0.717) is 23.7 Å². The van der Waals surface area contributed by atoms with Crippen LogP contribution in [0, 0.1) is 5.92 Å². The van der Waals surface area contributed by atoms with Crippen molar-refractivity contribution in [2.45, 2.75) is 209 Å². The summed E-state index contributed by atoms with van der Waals surface area (Å²) in [7, 11) is 0. The van der Waals surface area contributed by atoms with E-state index >= 15 is 0 Å². The molecule has 0 spiro atoms. The number of hydrogen-bond donors (Lipinski definition) is 14. The third kappa shape index (κ3) is 19.2. The van der Waals surface area contributed by atoms with Gasteiger partial charge >= 0.3 is 17.9 Å². The van der Waals surface area contributed by atoms with Crippen molar-refractivity contribution >= 4 is 71.1 Å². The van der Waals surface area contributed by atoms with Crippen LogP contribution in [-0.2, 0) is 57.5 Å². The van der Waals surface area contributed by atoms with Gasteiger partial charge in [0, 0.05) is 26.2 Å². The van der Waals surface area contributed by atoms with E-state index in [0.717, 1.165) is 43.4 Å². The molecule has 30 nitrogen and oxygen atoms in total. The predicted molar refractivity (Wildman–Crippen MR) is 282 cm³/mol. The second kappa shape index (κ2) is 32.0. The van der Waals surface area contributed by atoms with Crippen LogP contribution in [0.1, 0.15) is 130 Å². The Labute approximate surface area is 468 Å². The number of hydrogen-bond acceptors (Lipinski definition) is 18. The molecule has 8 amide bonds. The number of carbonyl (C=O) groups excluding carboxylic acids is 9. The molecule has 0 aliphatic carbocycles. The number of nitrogens with one attached hydrogen (secondary N) is 5. The van der Waals surface area contributed by atoms with Gasteiger partial charge in [-0.15, -0.1) is 0 Å². The number of carboxylic acids is 2. The van der Waals surface area contributed by atoms with Gasteiger partial charge in [-0.25, -0.2) is 14.4 Å². The highest BCUT2D eigenvalue weighted by Gasteiger charge is 2.48. The number of cyclic esters (lactones) is 1. The molecule has 13 atom stereocenters. The molecule has 4 heterocycles. The number of guanidine groups is 1. The number of aliphatic imine (C=N–C) groups is 1. The van der Waals surface area contributed by atoms with E-state index in [1.165, 1.54) is 11.8 Å². The van der Waals surface area contributed by atoms with E-state index in [4.69, 9.17) is 16.2 Å². The zero-order chi connectivity index (χ0) is 60.2. The number of ether oxygens (including phenoxy) is 1. The van der Waals surface area contributed by atoms with Crippen LogP contribution in [0.4, 0.5) is 0 Å². The van der Waals surface area contributed by atoms with E-state index < -0.39 is 164 Å². The van der Waals surface area contributed by atoms with Crippen LogP contribution >= 0.6 is 0 Å². The number of carbonyl (C=O) groups is 11. The maximum absolute atomic E-state index is 14.5. The largest absolute Gasteiger partial charge is 0.479 e. The van der Waals surface area contributed by atoms with Gasteiger partial charge in [-0.2, -0.15) is 0 Å². The number of unbranched alkanes of at least 4 members (excludes halogenated alkanes) is 6. The number of esters is 1. The highest BCUT2D eigenvalue weighted by Crippen LogP contribution is 2.27. The molecule has 0 bridgehead atoms. The fourth-order valence-corrected chi connectivity index (χ4v) is 10.4. The van der Waals surface area contributed by atoms with Crippen LogP contribution in [0.5, 0.6) is 0 Å². The van der Waals surface area contributed by atoms with Crippen molar-refractivity contribution in [3.05, 3.63) is 0 Å². The van der Waals surface area contributed by atoms with Crippen molar-refractivity contribution < 1.29 is 93.2 Å². The van der Waals surface area contributed by atoms with Crippen LogP contribution in [0.3, 0.4) is 0 Å². The molecular weight excluding hydrogens is 1070 g/mol. The van der Waals surface area contributed by atoms with Gasteiger partial charge in [0.15, 0.2) is 24.2 Å². The minimum absolute atomic E-state index is 0.00867. The Hall–Kier alpha value is -6.76. The molecule has 4 rings (SSSR count). The average Bonchev–Trinajstić information content (AvgIpc) is 4.22. The smallest absolute Gasteiger partial charge is 0.335 e. The quantitative estimate of drug-likeness (QED) is 0.0235. The van der Waals surface area contributed by atoms with E-state index in [9.17, 15) is 88.5 Å². The van der Waals surface area contributed by atoms with Gasteiger partial charge in [0.2, 0.25) is 47.3 Å². The normalized spacial score (nSPS) is 28.2. The summed E-state index contributed by atoms with van der Waals surface area (Å²) in [5.41, 5.74) is 10.9. The van der Waals surface area contributed by atoms with Crippen molar-refractivity contribution in [2.75, 3.05) is 32.8 Å². The van der Waals surface area contributed by atoms with Gasteiger partial charge in [0.25, 0.3) is 0 Å². The first-order chi connectivity index (χ1) is 38.3. The van der Waals surface area contributed by atoms with Gasteiger partial charge in [0.05, 0.1) is 25.2 Å². The summed E-state index contributed by atoms with van der Waals surface area (Å²) in [4.78, 5) is 158. The van der Waals surface area contributed by atoms with Gasteiger partial charge in [-0.3, -0.25) is 43.3 Å². The first-order valence-corrected chi connectivity index (χ1v) is 27.8. The topological polar surface area (TPSA) is 473 Å². The number of aliphatic carboxylic acids is 2. The average molecular weight is 1150 g/mol. The number of carboxylic acid groups (broad SMARTS) is 2. The van der Waals surface area contributed by atoms with Crippen LogP contribution in [0.15, 0.2) is 4.99 Å². The number of nitrogens with zero attached hydrogens (tertiary/aromatic N) is 4. The summed E-state index contributed by atoms with van der Waals surface area (Å²) in [6.45, 7) is 3.59. The lowest BCUT2D eigenvalue weighted by Crippen LogP contribution is -2.64. The minimum Gasteiger partial charge on any atom is -0.479 e. The molecule has 0 aromatic rings. The molecule has 81 heavy (non-hydrogen) atoms. The second-order valence-electron chi connectivity index (χ2n) is 21.5. The van der Waals surface area contributed by atoms with Gasteiger partial charge in [0.1, 0.15) is 48.4 Å². The Kier molecular flexibility index (Phi) is 26.4. The van der Waals surface area contributed by atoms with E-state index in [1.54, 1.807) is 0 Å². The zero-order valence-corrected chi connectivity index (χ0v) is 46.1. The van der Waals surface area contributed by atoms with Crippen LogP contribution in [-0.4, -0.2) is 233 Å². The van der Waals surface area contributed by atoms with Crippen molar-refractivity contribution in [1.82, 2.24) is 41.3 Å². The zero-order valence-electron chi connectivity index (χ0n) is 46.1. The molecule has 4 fully saturated rings. The van der Waals surface area contributed by atoms with Gasteiger partial charge < -0.3 is 93.2 Å². The maximum atomic E-state index is 14.5. The van der Waals surface area contributed by atoms with Gasteiger partial charge in [-0.05, 0) is 70.6 Å². The lowest BCUT2D eigenvalue weighted by molar-refractivity contribution is -0.165. The summed E-state index contributed by atoms with van der Waals surface area (Å²) < 4.78 is 5.66. The molecule has 16 N–H and O–H groups in total. The van der Waals surface area contributed by atoms with E-state index in [-0.39, 0.29) is 77.0 Å². The van der Waals surface area contributed by atoms with Gasteiger partial charge in [-0.1, -0.05) is 58.8 Å². The predicted octanol–water partition coefficient (Wildman–Crippen LogP) is -4.85. The Morgan fingerprint density at radius 2 is 1.19 bits per heavy atom.